The SMILES string of the molecule is COC(=O)CNc1nc(C)nc(Cl)c1C=O. The highest BCUT2D eigenvalue weighted by Crippen LogP contribution is 2.18. The molecule has 0 atom stereocenters. The van der Waals surface area contributed by atoms with Crippen molar-refractivity contribution in [2.24, 2.45) is 0 Å². The van der Waals surface area contributed by atoms with Crippen molar-refractivity contribution in [3.05, 3.63) is 16.5 Å². The molecule has 0 saturated carbocycles. The third-order valence-corrected chi connectivity index (χ3v) is 2.04. The van der Waals surface area contributed by atoms with E-state index in [1.54, 1.807) is 6.92 Å². The number of aryl methyl sites for hydroxylation is 1. The van der Waals surface area contributed by atoms with Crippen molar-refractivity contribution in [1.29, 1.82) is 0 Å². The fourth-order valence-corrected chi connectivity index (χ4v) is 1.27. The van der Waals surface area contributed by atoms with Gasteiger partial charge in [-0.2, -0.15) is 0 Å². The van der Waals surface area contributed by atoms with Crippen LogP contribution in [0.5, 0.6) is 0 Å². The van der Waals surface area contributed by atoms with Gasteiger partial charge in [0.1, 0.15) is 23.3 Å². The van der Waals surface area contributed by atoms with Crippen molar-refractivity contribution in [3.63, 3.8) is 0 Å². The van der Waals surface area contributed by atoms with E-state index in [1.165, 1.54) is 7.11 Å². The molecule has 0 aromatic carbocycles. The highest BCUT2D eigenvalue weighted by Gasteiger charge is 2.11. The van der Waals surface area contributed by atoms with E-state index in [2.05, 4.69) is 20.0 Å². The summed E-state index contributed by atoms with van der Waals surface area (Å²) in [4.78, 5) is 29.4. The van der Waals surface area contributed by atoms with E-state index in [0.717, 1.165) is 0 Å². The third kappa shape index (κ3) is 2.90. The average Bonchev–Trinajstić information content (AvgIpc) is 2.25. The van der Waals surface area contributed by atoms with Crippen molar-refractivity contribution < 1.29 is 14.3 Å². The fraction of sp³-hybridized carbons (Fsp3) is 0.333. The first kappa shape index (κ1) is 12.4. The zero-order valence-electron chi connectivity index (χ0n) is 8.78. The summed E-state index contributed by atoms with van der Waals surface area (Å²) in [5.41, 5.74) is 0.121. The molecule has 0 aliphatic heterocycles. The Hall–Kier alpha value is -1.69. The highest BCUT2D eigenvalue weighted by atomic mass is 35.5. The molecule has 1 aromatic rings. The van der Waals surface area contributed by atoms with Crippen LogP contribution in [0.25, 0.3) is 0 Å². The van der Waals surface area contributed by atoms with Crippen LogP contribution in [0.15, 0.2) is 0 Å². The molecule has 16 heavy (non-hydrogen) atoms. The van der Waals surface area contributed by atoms with Gasteiger partial charge in [-0.15, -0.1) is 0 Å². The summed E-state index contributed by atoms with van der Waals surface area (Å²) in [6, 6.07) is 0. The molecule has 0 saturated heterocycles. The van der Waals surface area contributed by atoms with E-state index in [4.69, 9.17) is 11.6 Å². The van der Waals surface area contributed by atoms with Crippen LogP contribution in [0.1, 0.15) is 16.2 Å². The lowest BCUT2D eigenvalue weighted by Crippen LogP contribution is -2.17. The first-order chi connectivity index (χ1) is 7.58. The Balaban J connectivity index is 2.93. The molecule has 0 unspecified atom stereocenters. The molecular weight excluding hydrogens is 234 g/mol. The highest BCUT2D eigenvalue weighted by molar-refractivity contribution is 6.32. The van der Waals surface area contributed by atoms with E-state index < -0.39 is 5.97 Å². The first-order valence-electron chi connectivity index (χ1n) is 4.38. The van der Waals surface area contributed by atoms with Gasteiger partial charge in [-0.1, -0.05) is 11.6 Å². The number of rotatable bonds is 4. The second-order valence-electron chi connectivity index (χ2n) is 2.87. The van der Waals surface area contributed by atoms with E-state index in [-0.39, 0.29) is 23.1 Å². The number of nitrogens with zero attached hydrogens (tertiary/aromatic N) is 2. The fourth-order valence-electron chi connectivity index (χ4n) is 1.01. The molecule has 86 valence electrons. The second-order valence-corrected chi connectivity index (χ2v) is 3.23. The third-order valence-electron chi connectivity index (χ3n) is 1.76. The van der Waals surface area contributed by atoms with Crippen LogP contribution in [-0.4, -0.2) is 35.9 Å². The Morgan fingerprint density at radius 1 is 1.56 bits per heavy atom. The number of halogens is 1. The maximum absolute atomic E-state index is 10.9. The van der Waals surface area contributed by atoms with Gasteiger partial charge in [-0.25, -0.2) is 9.97 Å². The number of hydrogen-bond acceptors (Lipinski definition) is 6. The quantitative estimate of drug-likeness (QED) is 0.479. The van der Waals surface area contributed by atoms with Gasteiger partial charge in [0.05, 0.1) is 12.7 Å². The van der Waals surface area contributed by atoms with Crippen molar-refractivity contribution >= 4 is 29.7 Å². The number of methoxy groups -OCH3 is 1. The van der Waals surface area contributed by atoms with Crippen molar-refractivity contribution in [2.45, 2.75) is 6.92 Å². The number of carbonyl (C=O) groups excluding carboxylic acids is 2. The summed E-state index contributed by atoms with van der Waals surface area (Å²) in [7, 11) is 1.27. The molecule has 1 heterocycles. The predicted octanol–water partition coefficient (Wildman–Crippen LogP) is 0.836. The minimum Gasteiger partial charge on any atom is -0.468 e. The minimum atomic E-state index is -0.468. The van der Waals surface area contributed by atoms with Gasteiger partial charge in [0.15, 0.2) is 6.29 Å². The second kappa shape index (κ2) is 5.41. The number of carbonyl (C=O) groups is 2. The molecule has 6 nitrogen and oxygen atoms in total. The minimum absolute atomic E-state index is 0.0508. The Morgan fingerprint density at radius 2 is 2.25 bits per heavy atom. The standard InChI is InChI=1S/C9H10ClN3O3/c1-5-12-8(10)6(4-14)9(13-5)11-3-7(15)16-2/h4H,3H2,1-2H3,(H,11,12,13). The van der Waals surface area contributed by atoms with Crippen LogP contribution in [0, 0.1) is 6.92 Å². The monoisotopic (exact) mass is 243 g/mol. The summed E-state index contributed by atoms with van der Waals surface area (Å²) in [5.74, 6) is 0.158. The zero-order valence-corrected chi connectivity index (χ0v) is 9.54. The molecule has 0 aliphatic carbocycles. The van der Waals surface area contributed by atoms with E-state index >= 15 is 0 Å². The molecule has 0 spiro atoms. The summed E-state index contributed by atoms with van der Waals surface area (Å²) >= 11 is 5.75. The van der Waals surface area contributed by atoms with Crippen LogP contribution in [0.4, 0.5) is 5.82 Å². The molecular formula is C9H10ClN3O3. The van der Waals surface area contributed by atoms with Gasteiger partial charge >= 0.3 is 5.97 Å². The van der Waals surface area contributed by atoms with Gasteiger partial charge in [0.2, 0.25) is 0 Å². The number of aromatic nitrogens is 2. The van der Waals surface area contributed by atoms with Crippen molar-refractivity contribution in [3.8, 4) is 0 Å². The van der Waals surface area contributed by atoms with Crippen LogP contribution in [-0.2, 0) is 9.53 Å². The molecule has 0 bridgehead atoms. The number of anilines is 1. The Morgan fingerprint density at radius 3 is 2.81 bits per heavy atom. The number of aldehydes is 1. The molecule has 7 heteroatoms. The average molecular weight is 244 g/mol. The maximum Gasteiger partial charge on any atom is 0.325 e. The largest absolute Gasteiger partial charge is 0.468 e. The van der Waals surface area contributed by atoms with Crippen LogP contribution in [0.3, 0.4) is 0 Å². The molecule has 1 aromatic heterocycles. The maximum atomic E-state index is 10.9. The molecule has 0 fully saturated rings. The predicted molar refractivity (Wildman–Crippen MR) is 57.7 cm³/mol. The topological polar surface area (TPSA) is 81.2 Å². The Bertz CT molecular complexity index is 423. The van der Waals surface area contributed by atoms with Gasteiger partial charge in [0.25, 0.3) is 0 Å². The Kier molecular flexibility index (Phi) is 4.19. The van der Waals surface area contributed by atoms with E-state index in [0.29, 0.717) is 12.1 Å². The first-order valence-corrected chi connectivity index (χ1v) is 4.76. The van der Waals surface area contributed by atoms with Gasteiger partial charge in [0, 0.05) is 0 Å². The number of ether oxygens (including phenoxy) is 1. The lowest BCUT2D eigenvalue weighted by Gasteiger charge is -2.08. The van der Waals surface area contributed by atoms with Crippen molar-refractivity contribution in [2.75, 3.05) is 19.0 Å². The van der Waals surface area contributed by atoms with E-state index in [1.807, 2.05) is 0 Å². The Labute approximate surface area is 97.0 Å². The number of esters is 1. The summed E-state index contributed by atoms with van der Waals surface area (Å²) in [6.07, 6.45) is 0.529. The molecule has 0 aliphatic rings. The van der Waals surface area contributed by atoms with Crippen LogP contribution < -0.4 is 5.32 Å². The number of hydrogen-bond donors (Lipinski definition) is 1. The van der Waals surface area contributed by atoms with Crippen LogP contribution >= 0.6 is 11.6 Å². The zero-order chi connectivity index (χ0) is 12.1. The van der Waals surface area contributed by atoms with E-state index in [9.17, 15) is 9.59 Å². The van der Waals surface area contributed by atoms with Gasteiger partial charge in [-0.05, 0) is 6.92 Å². The lowest BCUT2D eigenvalue weighted by molar-refractivity contribution is -0.138. The van der Waals surface area contributed by atoms with Crippen molar-refractivity contribution in [1.82, 2.24) is 9.97 Å². The summed E-state index contributed by atoms with van der Waals surface area (Å²) in [5, 5.41) is 2.71. The van der Waals surface area contributed by atoms with Crippen LogP contribution in [0.2, 0.25) is 5.15 Å². The smallest absolute Gasteiger partial charge is 0.325 e. The lowest BCUT2D eigenvalue weighted by atomic mass is 10.3. The van der Waals surface area contributed by atoms with Gasteiger partial charge < -0.3 is 10.1 Å². The molecule has 1 rings (SSSR count). The molecule has 0 amide bonds. The summed E-state index contributed by atoms with van der Waals surface area (Å²) < 4.78 is 4.44. The van der Waals surface area contributed by atoms with Gasteiger partial charge in [-0.3, -0.25) is 9.59 Å². The molecule has 0 radical (unpaired) electrons. The molecule has 1 N–H and O–H groups in total. The normalized spacial score (nSPS) is 9.69. The summed E-state index contributed by atoms with van der Waals surface area (Å²) in [6.45, 7) is 1.54. The number of nitrogens with one attached hydrogen (secondary N) is 1.